The Balaban J connectivity index is 2.03. The molecule has 6 nitrogen and oxygen atoms in total. The molecular formula is C12H11ClN6. The number of hydrogen-bond donors (Lipinski definition) is 1. The van der Waals surface area contributed by atoms with Crippen molar-refractivity contribution >= 4 is 28.6 Å². The van der Waals surface area contributed by atoms with Gasteiger partial charge >= 0.3 is 0 Å². The predicted molar refractivity (Wildman–Crippen MR) is 72.8 cm³/mol. The van der Waals surface area contributed by atoms with Crippen LogP contribution in [0.1, 0.15) is 11.3 Å². The Morgan fingerprint density at radius 1 is 1.26 bits per heavy atom. The maximum Gasteiger partial charge on any atom is 0.226 e. The Morgan fingerprint density at radius 2 is 2.11 bits per heavy atom. The Hall–Kier alpha value is -2.21. The van der Waals surface area contributed by atoms with E-state index in [1.165, 1.54) is 0 Å². The number of rotatable bonds is 2. The molecule has 0 fully saturated rings. The fourth-order valence-corrected chi connectivity index (χ4v) is 2.01. The lowest BCUT2D eigenvalue weighted by molar-refractivity contribution is 0.807. The van der Waals surface area contributed by atoms with E-state index in [0.717, 1.165) is 11.3 Å². The summed E-state index contributed by atoms with van der Waals surface area (Å²) in [6, 6.07) is 3.98. The molecule has 0 radical (unpaired) electrons. The van der Waals surface area contributed by atoms with Crippen LogP contribution in [0.4, 0.5) is 5.82 Å². The Bertz CT molecular complexity index is 734. The molecule has 3 aromatic heterocycles. The van der Waals surface area contributed by atoms with E-state index in [9.17, 15) is 0 Å². The molecule has 0 bridgehead atoms. The highest BCUT2D eigenvalue weighted by Crippen LogP contribution is 2.18. The molecule has 3 rings (SSSR count). The summed E-state index contributed by atoms with van der Waals surface area (Å²) in [4.78, 5) is 16.5. The zero-order chi connectivity index (χ0) is 13.4. The van der Waals surface area contributed by atoms with Crippen molar-refractivity contribution < 1.29 is 0 Å². The normalized spacial score (nSPS) is 11.1. The number of fused-ring (bicyclic) bond motifs is 1. The summed E-state index contributed by atoms with van der Waals surface area (Å²) in [5.41, 5.74) is 8.98. The third kappa shape index (κ3) is 2.22. The summed E-state index contributed by atoms with van der Waals surface area (Å²) in [7, 11) is 0. The van der Waals surface area contributed by atoms with Crippen molar-refractivity contribution in [3.05, 3.63) is 41.2 Å². The molecule has 0 aliphatic carbocycles. The first kappa shape index (κ1) is 11.9. The molecule has 0 saturated carbocycles. The molecule has 7 heteroatoms. The second-order valence-electron chi connectivity index (χ2n) is 4.23. The van der Waals surface area contributed by atoms with Crippen molar-refractivity contribution in [3.63, 3.8) is 0 Å². The zero-order valence-electron chi connectivity index (χ0n) is 10.2. The molecule has 0 unspecified atom stereocenters. The van der Waals surface area contributed by atoms with E-state index >= 15 is 0 Å². The molecule has 3 heterocycles. The Labute approximate surface area is 114 Å². The van der Waals surface area contributed by atoms with Gasteiger partial charge in [-0.25, -0.2) is 4.98 Å². The van der Waals surface area contributed by atoms with Gasteiger partial charge in [-0.2, -0.15) is 9.97 Å². The first-order chi connectivity index (χ1) is 9.13. The molecular weight excluding hydrogens is 264 g/mol. The molecule has 19 heavy (non-hydrogen) atoms. The highest BCUT2D eigenvalue weighted by atomic mass is 35.5. The van der Waals surface area contributed by atoms with Crippen molar-refractivity contribution in [2.24, 2.45) is 0 Å². The van der Waals surface area contributed by atoms with Gasteiger partial charge in [0.15, 0.2) is 11.5 Å². The summed E-state index contributed by atoms with van der Waals surface area (Å²) in [6.07, 6.45) is 3.50. The van der Waals surface area contributed by atoms with Crippen LogP contribution in [-0.2, 0) is 6.54 Å². The van der Waals surface area contributed by atoms with Gasteiger partial charge in [0.05, 0.1) is 12.9 Å². The number of hydrogen-bond acceptors (Lipinski definition) is 5. The highest BCUT2D eigenvalue weighted by Gasteiger charge is 2.10. The lowest BCUT2D eigenvalue weighted by Crippen LogP contribution is -2.02. The van der Waals surface area contributed by atoms with Crippen LogP contribution < -0.4 is 5.73 Å². The van der Waals surface area contributed by atoms with E-state index in [0.29, 0.717) is 17.7 Å². The highest BCUT2D eigenvalue weighted by molar-refractivity contribution is 6.28. The second-order valence-corrected chi connectivity index (χ2v) is 4.57. The van der Waals surface area contributed by atoms with Gasteiger partial charge < -0.3 is 10.3 Å². The number of imidazole rings is 1. The van der Waals surface area contributed by atoms with Crippen molar-refractivity contribution in [1.82, 2.24) is 24.5 Å². The topological polar surface area (TPSA) is 82.5 Å². The maximum absolute atomic E-state index is 5.82. The quantitative estimate of drug-likeness (QED) is 0.721. The van der Waals surface area contributed by atoms with Crippen LogP contribution in [-0.4, -0.2) is 24.5 Å². The van der Waals surface area contributed by atoms with E-state index in [1.54, 1.807) is 6.33 Å². The summed E-state index contributed by atoms with van der Waals surface area (Å²) in [6.45, 7) is 2.56. The van der Waals surface area contributed by atoms with E-state index in [1.807, 2.05) is 29.8 Å². The van der Waals surface area contributed by atoms with Crippen molar-refractivity contribution in [1.29, 1.82) is 0 Å². The van der Waals surface area contributed by atoms with Gasteiger partial charge in [-0.1, -0.05) is 6.07 Å². The first-order valence-electron chi connectivity index (χ1n) is 5.69. The third-order valence-electron chi connectivity index (χ3n) is 2.79. The molecule has 2 N–H and O–H groups in total. The van der Waals surface area contributed by atoms with Crippen LogP contribution >= 0.6 is 11.6 Å². The van der Waals surface area contributed by atoms with Gasteiger partial charge in [0.1, 0.15) is 5.52 Å². The molecule has 3 aromatic rings. The molecule has 0 spiro atoms. The number of aromatic nitrogens is 5. The van der Waals surface area contributed by atoms with Crippen LogP contribution in [0.25, 0.3) is 11.2 Å². The number of pyridine rings is 1. The summed E-state index contributed by atoms with van der Waals surface area (Å²) in [5.74, 6) is 0.288. The minimum atomic E-state index is 0.119. The molecule has 96 valence electrons. The van der Waals surface area contributed by atoms with Crippen molar-refractivity contribution in [2.45, 2.75) is 13.5 Å². The van der Waals surface area contributed by atoms with Gasteiger partial charge in [0, 0.05) is 11.9 Å². The maximum atomic E-state index is 5.82. The van der Waals surface area contributed by atoms with Crippen LogP contribution in [0.2, 0.25) is 5.28 Å². The van der Waals surface area contributed by atoms with E-state index in [2.05, 4.69) is 19.9 Å². The SMILES string of the molecule is Cc1ccc(Cn2cnc3c(N)nc(Cl)nc32)cn1. The lowest BCUT2D eigenvalue weighted by Gasteiger charge is -2.04. The average molecular weight is 275 g/mol. The minimum absolute atomic E-state index is 0.119. The van der Waals surface area contributed by atoms with Gasteiger partial charge in [-0.15, -0.1) is 0 Å². The summed E-state index contributed by atoms with van der Waals surface area (Å²) >= 11 is 5.82. The molecule has 0 aliphatic rings. The van der Waals surface area contributed by atoms with Gasteiger partial charge in [-0.3, -0.25) is 4.98 Å². The second kappa shape index (κ2) is 4.47. The fraction of sp³-hybridized carbons (Fsp3) is 0.167. The minimum Gasteiger partial charge on any atom is -0.382 e. The number of aryl methyl sites for hydroxylation is 1. The summed E-state index contributed by atoms with van der Waals surface area (Å²) < 4.78 is 1.87. The monoisotopic (exact) mass is 274 g/mol. The number of nitrogen functional groups attached to an aromatic ring is 1. The van der Waals surface area contributed by atoms with Gasteiger partial charge in [-0.05, 0) is 30.2 Å². The molecule has 0 saturated heterocycles. The standard InChI is InChI=1S/C12H11ClN6/c1-7-2-3-8(4-15-7)5-19-6-16-9-10(14)17-12(13)18-11(9)19/h2-4,6H,5H2,1H3,(H2,14,17,18). The van der Waals surface area contributed by atoms with Crippen LogP contribution in [0, 0.1) is 6.92 Å². The number of halogens is 1. The van der Waals surface area contributed by atoms with Gasteiger partial charge in [0.2, 0.25) is 5.28 Å². The van der Waals surface area contributed by atoms with Crippen LogP contribution in [0.15, 0.2) is 24.7 Å². The smallest absolute Gasteiger partial charge is 0.226 e. The Kier molecular flexibility index (Phi) is 2.79. The number of nitrogens with zero attached hydrogens (tertiary/aromatic N) is 5. The Morgan fingerprint density at radius 3 is 2.84 bits per heavy atom. The molecule has 0 atom stereocenters. The largest absolute Gasteiger partial charge is 0.382 e. The molecule has 0 amide bonds. The van der Waals surface area contributed by atoms with E-state index in [4.69, 9.17) is 17.3 Å². The van der Waals surface area contributed by atoms with Crippen LogP contribution in [0.3, 0.4) is 0 Å². The summed E-state index contributed by atoms with van der Waals surface area (Å²) in [5, 5.41) is 0.119. The number of anilines is 1. The van der Waals surface area contributed by atoms with E-state index < -0.39 is 0 Å². The zero-order valence-corrected chi connectivity index (χ0v) is 11.0. The van der Waals surface area contributed by atoms with Crippen molar-refractivity contribution in [3.8, 4) is 0 Å². The van der Waals surface area contributed by atoms with E-state index in [-0.39, 0.29) is 11.1 Å². The molecule has 0 aromatic carbocycles. The fourth-order valence-electron chi connectivity index (χ4n) is 1.84. The lowest BCUT2D eigenvalue weighted by atomic mass is 10.2. The predicted octanol–water partition coefficient (Wildman–Crippen LogP) is 1.81. The average Bonchev–Trinajstić information content (AvgIpc) is 2.76. The third-order valence-corrected chi connectivity index (χ3v) is 2.96. The van der Waals surface area contributed by atoms with Gasteiger partial charge in [0.25, 0.3) is 0 Å². The molecule has 0 aliphatic heterocycles. The van der Waals surface area contributed by atoms with Crippen molar-refractivity contribution in [2.75, 3.05) is 5.73 Å². The first-order valence-corrected chi connectivity index (χ1v) is 6.06. The number of nitrogens with two attached hydrogens (primary N) is 1. The van der Waals surface area contributed by atoms with Crippen LogP contribution in [0.5, 0.6) is 0 Å².